The lowest BCUT2D eigenvalue weighted by atomic mass is 9.99. The van der Waals surface area contributed by atoms with Gasteiger partial charge in [0.15, 0.2) is 0 Å². The molecule has 1 aromatic carbocycles. The fraction of sp³-hybridized carbons (Fsp3) is 0.538. The SMILES string of the molecule is CNCCC(N)C(O)c1cc(Cl)c(OC)cc1OC. The second-order valence-corrected chi connectivity index (χ2v) is 4.64. The number of hydrogen-bond donors (Lipinski definition) is 3. The van der Waals surface area contributed by atoms with E-state index in [9.17, 15) is 5.11 Å². The van der Waals surface area contributed by atoms with E-state index in [1.165, 1.54) is 14.2 Å². The van der Waals surface area contributed by atoms with E-state index in [-0.39, 0.29) is 0 Å². The van der Waals surface area contributed by atoms with E-state index in [1.54, 1.807) is 12.1 Å². The van der Waals surface area contributed by atoms with Crippen LogP contribution in [0.25, 0.3) is 0 Å². The maximum Gasteiger partial charge on any atom is 0.141 e. The Morgan fingerprint density at radius 2 is 1.95 bits per heavy atom. The summed E-state index contributed by atoms with van der Waals surface area (Å²) in [5.41, 5.74) is 6.53. The average molecular weight is 289 g/mol. The fourth-order valence-electron chi connectivity index (χ4n) is 1.81. The molecule has 0 heterocycles. The summed E-state index contributed by atoms with van der Waals surface area (Å²) in [4.78, 5) is 0. The van der Waals surface area contributed by atoms with E-state index >= 15 is 0 Å². The van der Waals surface area contributed by atoms with Gasteiger partial charge in [0, 0.05) is 17.7 Å². The van der Waals surface area contributed by atoms with Crippen LogP contribution in [0.5, 0.6) is 11.5 Å². The topological polar surface area (TPSA) is 76.7 Å². The number of halogens is 1. The molecule has 2 unspecified atom stereocenters. The van der Waals surface area contributed by atoms with Gasteiger partial charge in [0.25, 0.3) is 0 Å². The van der Waals surface area contributed by atoms with Crippen LogP contribution in [0.1, 0.15) is 18.1 Å². The third-order valence-electron chi connectivity index (χ3n) is 2.96. The van der Waals surface area contributed by atoms with Crippen molar-refractivity contribution >= 4 is 11.6 Å². The summed E-state index contributed by atoms with van der Waals surface area (Å²) in [5.74, 6) is 1.01. The monoisotopic (exact) mass is 288 g/mol. The summed E-state index contributed by atoms with van der Waals surface area (Å²) in [7, 11) is 4.89. The van der Waals surface area contributed by atoms with Crippen LogP contribution in [0.2, 0.25) is 5.02 Å². The number of aliphatic hydroxyl groups excluding tert-OH is 1. The molecule has 108 valence electrons. The maximum absolute atomic E-state index is 10.3. The molecule has 0 radical (unpaired) electrons. The summed E-state index contributed by atoms with van der Waals surface area (Å²) in [6.45, 7) is 0.727. The Balaban J connectivity index is 3.01. The minimum absolute atomic E-state index is 0.397. The molecular formula is C13H21ClN2O3. The van der Waals surface area contributed by atoms with Gasteiger partial charge in [-0.3, -0.25) is 0 Å². The first-order valence-electron chi connectivity index (χ1n) is 6.04. The van der Waals surface area contributed by atoms with Crippen molar-refractivity contribution in [1.82, 2.24) is 5.32 Å². The molecule has 19 heavy (non-hydrogen) atoms. The van der Waals surface area contributed by atoms with Gasteiger partial charge < -0.3 is 25.6 Å². The lowest BCUT2D eigenvalue weighted by molar-refractivity contribution is 0.138. The number of aliphatic hydroxyl groups is 1. The zero-order valence-electron chi connectivity index (χ0n) is 11.4. The molecule has 1 rings (SSSR count). The number of rotatable bonds is 7. The molecule has 0 aliphatic carbocycles. The molecule has 0 saturated carbocycles. The van der Waals surface area contributed by atoms with Crippen molar-refractivity contribution in [3.63, 3.8) is 0 Å². The third-order valence-corrected chi connectivity index (χ3v) is 3.25. The van der Waals surface area contributed by atoms with Gasteiger partial charge in [-0.2, -0.15) is 0 Å². The van der Waals surface area contributed by atoms with Crippen molar-refractivity contribution in [2.24, 2.45) is 5.73 Å². The van der Waals surface area contributed by atoms with Crippen molar-refractivity contribution in [3.8, 4) is 11.5 Å². The van der Waals surface area contributed by atoms with Crippen LogP contribution in [0, 0.1) is 0 Å². The standard InChI is InChI=1S/C13H21ClN2O3/c1-16-5-4-10(15)13(17)8-6-9(14)12(19-3)7-11(8)18-2/h6-7,10,13,16-17H,4-5,15H2,1-3H3. The first-order valence-corrected chi connectivity index (χ1v) is 6.42. The van der Waals surface area contributed by atoms with Gasteiger partial charge in [0.2, 0.25) is 0 Å². The van der Waals surface area contributed by atoms with E-state index in [4.69, 9.17) is 26.8 Å². The van der Waals surface area contributed by atoms with Crippen molar-refractivity contribution in [2.45, 2.75) is 18.6 Å². The molecule has 0 bridgehead atoms. The molecule has 2 atom stereocenters. The van der Waals surface area contributed by atoms with Crippen LogP contribution < -0.4 is 20.5 Å². The minimum Gasteiger partial charge on any atom is -0.496 e. The van der Waals surface area contributed by atoms with Gasteiger partial charge in [-0.15, -0.1) is 0 Å². The Hall–Kier alpha value is -1.01. The van der Waals surface area contributed by atoms with Crippen LogP contribution in [-0.2, 0) is 0 Å². The van der Waals surface area contributed by atoms with Crippen LogP contribution in [-0.4, -0.2) is 39.0 Å². The highest BCUT2D eigenvalue weighted by atomic mass is 35.5. The molecule has 5 nitrogen and oxygen atoms in total. The van der Waals surface area contributed by atoms with E-state index in [1.807, 2.05) is 7.05 Å². The first-order chi connectivity index (χ1) is 9.04. The highest BCUT2D eigenvalue weighted by Crippen LogP contribution is 2.36. The zero-order valence-corrected chi connectivity index (χ0v) is 12.2. The highest BCUT2D eigenvalue weighted by Gasteiger charge is 2.22. The lowest BCUT2D eigenvalue weighted by Crippen LogP contribution is -2.31. The quantitative estimate of drug-likeness (QED) is 0.706. The summed E-state index contributed by atoms with van der Waals surface area (Å²) in [6.07, 6.45) is -0.198. The number of nitrogens with one attached hydrogen (secondary N) is 1. The van der Waals surface area contributed by atoms with Gasteiger partial charge in [-0.1, -0.05) is 11.6 Å². The molecule has 0 aliphatic rings. The molecule has 0 saturated heterocycles. The second-order valence-electron chi connectivity index (χ2n) is 4.23. The fourth-order valence-corrected chi connectivity index (χ4v) is 2.06. The lowest BCUT2D eigenvalue weighted by Gasteiger charge is -2.22. The highest BCUT2D eigenvalue weighted by molar-refractivity contribution is 6.32. The van der Waals surface area contributed by atoms with Crippen LogP contribution in [0.15, 0.2) is 12.1 Å². The predicted octanol–water partition coefficient (Wildman–Crippen LogP) is 1.33. The molecule has 0 spiro atoms. The van der Waals surface area contributed by atoms with E-state index in [0.717, 1.165) is 6.54 Å². The van der Waals surface area contributed by atoms with E-state index < -0.39 is 12.1 Å². The Morgan fingerprint density at radius 1 is 1.32 bits per heavy atom. The largest absolute Gasteiger partial charge is 0.496 e. The van der Waals surface area contributed by atoms with Gasteiger partial charge in [-0.25, -0.2) is 0 Å². The normalized spacial score (nSPS) is 14.0. The van der Waals surface area contributed by atoms with Crippen molar-refractivity contribution in [2.75, 3.05) is 27.8 Å². The maximum atomic E-state index is 10.3. The van der Waals surface area contributed by atoms with Crippen molar-refractivity contribution in [1.29, 1.82) is 0 Å². The van der Waals surface area contributed by atoms with Crippen LogP contribution >= 0.6 is 11.6 Å². The van der Waals surface area contributed by atoms with Gasteiger partial charge in [0.1, 0.15) is 11.5 Å². The minimum atomic E-state index is -0.841. The summed E-state index contributed by atoms with van der Waals surface area (Å²) in [5, 5.41) is 13.7. The molecule has 0 aliphatic heterocycles. The number of nitrogens with two attached hydrogens (primary N) is 1. The molecule has 4 N–H and O–H groups in total. The predicted molar refractivity (Wildman–Crippen MR) is 76.0 cm³/mol. The Labute approximate surface area is 118 Å². The Morgan fingerprint density at radius 3 is 2.47 bits per heavy atom. The van der Waals surface area contributed by atoms with Crippen molar-refractivity contribution < 1.29 is 14.6 Å². The Kier molecular flexibility index (Phi) is 6.37. The third kappa shape index (κ3) is 3.98. The second kappa shape index (κ2) is 7.55. The molecule has 0 amide bonds. The van der Waals surface area contributed by atoms with E-state index in [0.29, 0.717) is 28.5 Å². The van der Waals surface area contributed by atoms with Gasteiger partial charge in [0.05, 0.1) is 25.3 Å². The number of hydrogen-bond acceptors (Lipinski definition) is 5. The zero-order chi connectivity index (χ0) is 14.4. The van der Waals surface area contributed by atoms with Crippen LogP contribution in [0.3, 0.4) is 0 Å². The average Bonchev–Trinajstić information content (AvgIpc) is 2.43. The smallest absolute Gasteiger partial charge is 0.141 e. The van der Waals surface area contributed by atoms with E-state index in [2.05, 4.69) is 5.32 Å². The number of ether oxygens (including phenoxy) is 2. The van der Waals surface area contributed by atoms with Crippen LogP contribution in [0.4, 0.5) is 0 Å². The number of methoxy groups -OCH3 is 2. The number of benzene rings is 1. The molecule has 6 heteroatoms. The summed E-state index contributed by atoms with van der Waals surface area (Å²) >= 11 is 6.07. The molecular weight excluding hydrogens is 268 g/mol. The van der Waals surface area contributed by atoms with Crippen molar-refractivity contribution in [3.05, 3.63) is 22.7 Å². The summed E-state index contributed by atoms with van der Waals surface area (Å²) < 4.78 is 10.4. The van der Waals surface area contributed by atoms with Gasteiger partial charge in [-0.05, 0) is 26.1 Å². The summed E-state index contributed by atoms with van der Waals surface area (Å²) in [6, 6.07) is 2.88. The molecule has 0 fully saturated rings. The first kappa shape index (κ1) is 16.0. The molecule has 0 aromatic heterocycles. The Bertz CT molecular complexity index is 415. The molecule has 1 aromatic rings. The van der Waals surface area contributed by atoms with Gasteiger partial charge >= 0.3 is 0 Å².